The van der Waals surface area contributed by atoms with Crippen molar-refractivity contribution in [3.8, 4) is 0 Å². The fourth-order valence-electron chi connectivity index (χ4n) is 1.70. The molecule has 0 aliphatic carbocycles. The minimum Gasteiger partial charge on any atom is -0.380 e. The van der Waals surface area contributed by atoms with E-state index >= 15 is 0 Å². The number of nitrogens with two attached hydrogens (primary N) is 2. The fraction of sp³-hybridized carbons (Fsp3) is 1.00. The van der Waals surface area contributed by atoms with Crippen molar-refractivity contribution in [3.63, 3.8) is 0 Å². The first-order chi connectivity index (χ1) is 4.73. The van der Waals surface area contributed by atoms with Gasteiger partial charge in [0, 0.05) is 24.5 Å². The standard InChI is InChI=1S/C6H13N3O/c7-5-1-9(8)2-6(5)3-10-4-6/h5H,1-4,7-8H2. The number of hydrogen-bond acceptors (Lipinski definition) is 4. The maximum absolute atomic E-state index is 5.86. The van der Waals surface area contributed by atoms with E-state index in [4.69, 9.17) is 16.3 Å². The second-order valence-electron chi connectivity index (χ2n) is 3.39. The molecule has 4 nitrogen and oxygen atoms in total. The molecule has 0 amide bonds. The van der Waals surface area contributed by atoms with Gasteiger partial charge >= 0.3 is 0 Å². The van der Waals surface area contributed by atoms with Crippen molar-refractivity contribution in [2.45, 2.75) is 6.04 Å². The van der Waals surface area contributed by atoms with Crippen LogP contribution in [0.4, 0.5) is 0 Å². The van der Waals surface area contributed by atoms with E-state index in [1.54, 1.807) is 5.01 Å². The fourth-order valence-corrected chi connectivity index (χ4v) is 1.70. The molecule has 58 valence electrons. The molecule has 1 atom stereocenters. The van der Waals surface area contributed by atoms with Crippen molar-refractivity contribution in [2.75, 3.05) is 26.3 Å². The van der Waals surface area contributed by atoms with E-state index in [9.17, 15) is 0 Å². The van der Waals surface area contributed by atoms with E-state index in [1.165, 1.54) is 0 Å². The van der Waals surface area contributed by atoms with Crippen LogP contribution in [0.1, 0.15) is 0 Å². The lowest BCUT2D eigenvalue weighted by Gasteiger charge is -2.40. The van der Waals surface area contributed by atoms with Crippen LogP contribution in [0.15, 0.2) is 0 Å². The molecule has 10 heavy (non-hydrogen) atoms. The van der Waals surface area contributed by atoms with Gasteiger partial charge in [0.15, 0.2) is 0 Å². The first-order valence-electron chi connectivity index (χ1n) is 3.56. The van der Waals surface area contributed by atoms with Gasteiger partial charge in [-0.3, -0.25) is 5.84 Å². The summed E-state index contributed by atoms with van der Waals surface area (Å²) in [7, 11) is 0. The van der Waals surface area contributed by atoms with Gasteiger partial charge in [-0.25, -0.2) is 5.01 Å². The topological polar surface area (TPSA) is 64.5 Å². The van der Waals surface area contributed by atoms with Crippen LogP contribution in [0.3, 0.4) is 0 Å². The Morgan fingerprint density at radius 1 is 1.50 bits per heavy atom. The quantitative estimate of drug-likeness (QED) is 0.406. The lowest BCUT2D eigenvalue weighted by Crippen LogP contribution is -2.54. The summed E-state index contributed by atoms with van der Waals surface area (Å²) in [6.45, 7) is 3.29. The molecule has 2 rings (SSSR count). The third-order valence-electron chi connectivity index (χ3n) is 2.51. The van der Waals surface area contributed by atoms with Crippen LogP contribution in [0.25, 0.3) is 0 Å². The molecule has 0 saturated carbocycles. The van der Waals surface area contributed by atoms with Gasteiger partial charge in [0.25, 0.3) is 0 Å². The van der Waals surface area contributed by atoms with Gasteiger partial charge in [-0.1, -0.05) is 0 Å². The van der Waals surface area contributed by atoms with Crippen LogP contribution in [0, 0.1) is 5.41 Å². The van der Waals surface area contributed by atoms with Crippen LogP contribution in [-0.2, 0) is 4.74 Å². The van der Waals surface area contributed by atoms with Crippen LogP contribution in [0.5, 0.6) is 0 Å². The molecule has 0 aromatic carbocycles. The lowest BCUT2D eigenvalue weighted by atomic mass is 9.82. The van der Waals surface area contributed by atoms with Gasteiger partial charge in [-0.05, 0) is 0 Å². The summed E-state index contributed by atoms with van der Waals surface area (Å²) in [5.41, 5.74) is 6.07. The van der Waals surface area contributed by atoms with E-state index in [0.29, 0.717) is 0 Å². The van der Waals surface area contributed by atoms with Gasteiger partial charge in [-0.15, -0.1) is 0 Å². The molecule has 2 heterocycles. The third-order valence-corrected chi connectivity index (χ3v) is 2.51. The molecule has 0 bridgehead atoms. The Morgan fingerprint density at radius 3 is 2.40 bits per heavy atom. The van der Waals surface area contributed by atoms with Crippen molar-refractivity contribution in [3.05, 3.63) is 0 Å². The molecule has 1 spiro atoms. The molecular formula is C6H13N3O. The van der Waals surface area contributed by atoms with Gasteiger partial charge in [0.2, 0.25) is 0 Å². The average molecular weight is 143 g/mol. The largest absolute Gasteiger partial charge is 0.380 e. The summed E-state index contributed by atoms with van der Waals surface area (Å²) in [6.07, 6.45) is 0. The SMILES string of the molecule is NC1CN(N)CC12COC2. The Bertz CT molecular complexity index is 146. The van der Waals surface area contributed by atoms with Gasteiger partial charge in [0.05, 0.1) is 13.2 Å². The summed E-state index contributed by atoms with van der Waals surface area (Å²) in [6, 6.07) is 0.214. The van der Waals surface area contributed by atoms with E-state index in [2.05, 4.69) is 0 Å². The maximum atomic E-state index is 5.86. The Balaban J connectivity index is 2.08. The summed E-state index contributed by atoms with van der Waals surface area (Å²) >= 11 is 0. The maximum Gasteiger partial charge on any atom is 0.0573 e. The molecule has 4 heteroatoms. The number of hydrazine groups is 1. The molecule has 0 aromatic heterocycles. The molecule has 2 saturated heterocycles. The summed E-state index contributed by atoms with van der Waals surface area (Å²) in [5.74, 6) is 5.61. The van der Waals surface area contributed by atoms with Crippen molar-refractivity contribution in [1.29, 1.82) is 0 Å². The second kappa shape index (κ2) is 1.92. The highest BCUT2D eigenvalue weighted by Gasteiger charge is 2.49. The van der Waals surface area contributed by atoms with Gasteiger partial charge in [0.1, 0.15) is 0 Å². The Hall–Kier alpha value is -0.160. The van der Waals surface area contributed by atoms with Crippen LogP contribution >= 0.6 is 0 Å². The Morgan fingerprint density at radius 2 is 2.20 bits per heavy atom. The molecule has 0 aromatic rings. The molecular weight excluding hydrogens is 130 g/mol. The van der Waals surface area contributed by atoms with E-state index in [-0.39, 0.29) is 11.5 Å². The first kappa shape index (κ1) is 6.54. The van der Waals surface area contributed by atoms with Gasteiger partial charge in [-0.2, -0.15) is 0 Å². The summed E-state index contributed by atoms with van der Waals surface area (Å²) < 4.78 is 5.12. The lowest BCUT2D eigenvalue weighted by molar-refractivity contribution is -0.112. The number of rotatable bonds is 0. The minimum atomic E-state index is 0.203. The monoisotopic (exact) mass is 143 g/mol. The normalized spacial score (nSPS) is 38.4. The highest BCUT2D eigenvalue weighted by Crippen LogP contribution is 2.35. The van der Waals surface area contributed by atoms with E-state index < -0.39 is 0 Å². The molecule has 4 N–H and O–H groups in total. The summed E-state index contributed by atoms with van der Waals surface area (Å²) in [4.78, 5) is 0. The second-order valence-corrected chi connectivity index (χ2v) is 3.39. The predicted molar refractivity (Wildman–Crippen MR) is 37.0 cm³/mol. The van der Waals surface area contributed by atoms with Gasteiger partial charge < -0.3 is 10.5 Å². The van der Waals surface area contributed by atoms with E-state index in [0.717, 1.165) is 26.3 Å². The van der Waals surface area contributed by atoms with Crippen molar-refractivity contribution in [2.24, 2.45) is 17.0 Å². The smallest absolute Gasteiger partial charge is 0.0573 e. The summed E-state index contributed by atoms with van der Waals surface area (Å²) in [5, 5.41) is 1.78. The first-order valence-corrected chi connectivity index (χ1v) is 3.56. The zero-order valence-electron chi connectivity index (χ0n) is 5.92. The van der Waals surface area contributed by atoms with Crippen molar-refractivity contribution in [1.82, 2.24) is 5.01 Å². The average Bonchev–Trinajstić information content (AvgIpc) is 2.04. The van der Waals surface area contributed by atoms with Crippen molar-refractivity contribution < 1.29 is 4.74 Å². The minimum absolute atomic E-state index is 0.203. The highest BCUT2D eigenvalue weighted by molar-refractivity contribution is 5.01. The highest BCUT2D eigenvalue weighted by atomic mass is 16.5. The molecule has 1 unspecified atom stereocenters. The number of hydrogen-bond donors (Lipinski definition) is 2. The number of ether oxygens (including phenoxy) is 1. The third kappa shape index (κ3) is 0.703. The zero-order valence-corrected chi connectivity index (χ0v) is 5.92. The van der Waals surface area contributed by atoms with Crippen LogP contribution < -0.4 is 11.6 Å². The Labute approximate surface area is 60.1 Å². The molecule has 2 fully saturated rings. The van der Waals surface area contributed by atoms with E-state index in [1.807, 2.05) is 0 Å². The van der Waals surface area contributed by atoms with Crippen molar-refractivity contribution >= 4 is 0 Å². The zero-order chi connectivity index (χ0) is 7.19. The Kier molecular flexibility index (Phi) is 1.25. The number of nitrogens with zero attached hydrogens (tertiary/aromatic N) is 1. The molecule has 0 radical (unpaired) electrons. The molecule has 2 aliphatic heterocycles. The predicted octanol–water partition coefficient (Wildman–Crippen LogP) is -1.48. The van der Waals surface area contributed by atoms with Crippen LogP contribution in [-0.4, -0.2) is 37.4 Å². The molecule has 2 aliphatic rings. The van der Waals surface area contributed by atoms with Crippen LogP contribution in [0.2, 0.25) is 0 Å².